The molecule has 1 atom stereocenters. The molecule has 1 aliphatic heterocycles. The Bertz CT molecular complexity index is 1150. The highest BCUT2D eigenvalue weighted by atomic mass is 16.5. The van der Waals surface area contributed by atoms with E-state index in [1.165, 1.54) is 0 Å². The molecule has 0 unspecified atom stereocenters. The predicted octanol–water partition coefficient (Wildman–Crippen LogP) is 2.84. The van der Waals surface area contributed by atoms with Crippen LogP contribution in [0.2, 0.25) is 0 Å². The van der Waals surface area contributed by atoms with Gasteiger partial charge in [-0.25, -0.2) is 0 Å². The Morgan fingerprint density at radius 1 is 1.22 bits per heavy atom. The van der Waals surface area contributed by atoms with Gasteiger partial charge in [0, 0.05) is 29.1 Å². The zero-order valence-corrected chi connectivity index (χ0v) is 18.0. The van der Waals surface area contributed by atoms with Crippen LogP contribution in [0.1, 0.15) is 30.9 Å². The topological polar surface area (TPSA) is 111 Å². The van der Waals surface area contributed by atoms with E-state index in [-0.39, 0.29) is 25.2 Å². The van der Waals surface area contributed by atoms with Crippen LogP contribution < -0.4 is 20.7 Å². The van der Waals surface area contributed by atoms with Crippen LogP contribution in [0.4, 0.5) is 0 Å². The van der Waals surface area contributed by atoms with Crippen LogP contribution in [0.3, 0.4) is 0 Å². The fourth-order valence-electron chi connectivity index (χ4n) is 3.67. The SMILES string of the molecule is [B]c1c(OCC(C)(C)O)ccc2c1[C@H](COC(=N)N)c1cc(-c3cccnc3)ccc1O2. The molecule has 4 rings (SSSR count). The maximum Gasteiger partial charge on any atom is 0.279 e. The van der Waals surface area contributed by atoms with Crippen molar-refractivity contribution < 1.29 is 19.3 Å². The number of benzene rings is 2. The largest absolute Gasteiger partial charge is 0.491 e. The summed E-state index contributed by atoms with van der Waals surface area (Å²) in [4.78, 5) is 4.20. The van der Waals surface area contributed by atoms with E-state index in [0.717, 1.165) is 16.7 Å². The zero-order chi connectivity index (χ0) is 22.9. The van der Waals surface area contributed by atoms with Gasteiger partial charge in [-0.2, -0.15) is 0 Å². The molecule has 162 valence electrons. The molecule has 1 aromatic heterocycles. The summed E-state index contributed by atoms with van der Waals surface area (Å²) >= 11 is 0. The van der Waals surface area contributed by atoms with Gasteiger partial charge in [0.1, 0.15) is 38.3 Å². The zero-order valence-electron chi connectivity index (χ0n) is 18.0. The Balaban J connectivity index is 1.78. The van der Waals surface area contributed by atoms with Crippen LogP contribution >= 0.6 is 0 Å². The van der Waals surface area contributed by atoms with Gasteiger partial charge < -0.3 is 25.1 Å². The molecule has 3 aromatic rings. The first-order chi connectivity index (χ1) is 15.2. The van der Waals surface area contributed by atoms with Crippen molar-refractivity contribution in [2.45, 2.75) is 25.4 Å². The first-order valence-corrected chi connectivity index (χ1v) is 10.2. The molecule has 0 spiro atoms. The van der Waals surface area contributed by atoms with Crippen LogP contribution in [0, 0.1) is 5.41 Å². The number of aromatic nitrogens is 1. The summed E-state index contributed by atoms with van der Waals surface area (Å²) in [6.45, 7) is 3.50. The molecule has 1 aliphatic rings. The van der Waals surface area contributed by atoms with Crippen molar-refractivity contribution in [2.24, 2.45) is 5.73 Å². The molecule has 0 saturated carbocycles. The van der Waals surface area contributed by atoms with Crippen molar-refractivity contribution in [1.29, 1.82) is 5.41 Å². The number of nitrogens with one attached hydrogen (secondary N) is 1. The summed E-state index contributed by atoms with van der Waals surface area (Å²) in [7, 11) is 6.50. The third kappa shape index (κ3) is 4.55. The van der Waals surface area contributed by atoms with E-state index in [2.05, 4.69) is 4.98 Å². The first-order valence-electron chi connectivity index (χ1n) is 10.2. The number of aliphatic hydroxyl groups is 1. The quantitative estimate of drug-likeness (QED) is 0.316. The number of nitrogens with two attached hydrogens (primary N) is 1. The molecule has 32 heavy (non-hydrogen) atoms. The van der Waals surface area contributed by atoms with Gasteiger partial charge >= 0.3 is 0 Å². The highest BCUT2D eigenvalue weighted by Gasteiger charge is 2.31. The number of hydrogen-bond acceptors (Lipinski definition) is 6. The Morgan fingerprint density at radius 2 is 2.00 bits per heavy atom. The Kier molecular flexibility index (Phi) is 5.80. The van der Waals surface area contributed by atoms with Gasteiger partial charge in [0.15, 0.2) is 0 Å². The van der Waals surface area contributed by atoms with Crippen LogP contribution in [-0.2, 0) is 4.74 Å². The van der Waals surface area contributed by atoms with E-state index in [1.807, 2.05) is 30.3 Å². The van der Waals surface area contributed by atoms with E-state index in [1.54, 1.807) is 38.4 Å². The summed E-state index contributed by atoms with van der Waals surface area (Å²) in [5.41, 5.74) is 8.32. The lowest BCUT2D eigenvalue weighted by molar-refractivity contribution is 0.0288. The van der Waals surface area contributed by atoms with E-state index in [4.69, 9.17) is 33.2 Å². The highest BCUT2D eigenvalue weighted by molar-refractivity contribution is 6.35. The fourth-order valence-corrected chi connectivity index (χ4v) is 3.67. The summed E-state index contributed by atoms with van der Waals surface area (Å²) < 4.78 is 17.3. The number of nitrogens with zero attached hydrogens (tertiary/aromatic N) is 1. The van der Waals surface area contributed by atoms with Crippen LogP contribution in [0.5, 0.6) is 17.2 Å². The van der Waals surface area contributed by atoms with E-state index in [0.29, 0.717) is 28.3 Å². The molecular formula is C24H24BN3O4. The minimum atomic E-state index is -1.01. The lowest BCUT2D eigenvalue weighted by Gasteiger charge is -2.31. The minimum Gasteiger partial charge on any atom is -0.491 e. The van der Waals surface area contributed by atoms with Gasteiger partial charge in [-0.15, -0.1) is 0 Å². The van der Waals surface area contributed by atoms with Gasteiger partial charge in [-0.05, 0) is 55.2 Å². The Hall–Kier alpha value is -3.52. The average molecular weight is 429 g/mol. The summed E-state index contributed by atoms with van der Waals surface area (Å²) in [5, 5.41) is 17.5. The smallest absolute Gasteiger partial charge is 0.279 e. The normalized spacial score (nSPS) is 14.7. The van der Waals surface area contributed by atoms with Crippen molar-refractivity contribution in [3.63, 3.8) is 0 Å². The molecule has 4 N–H and O–H groups in total. The Labute approximate surface area is 188 Å². The van der Waals surface area contributed by atoms with Gasteiger partial charge in [-0.3, -0.25) is 10.4 Å². The molecule has 0 aliphatic carbocycles. The van der Waals surface area contributed by atoms with Crippen molar-refractivity contribution in [3.05, 3.63) is 66.0 Å². The maximum atomic E-state index is 10.0. The number of fused-ring (bicyclic) bond motifs is 2. The molecule has 2 aromatic carbocycles. The number of amidine groups is 1. The molecule has 0 saturated heterocycles. The van der Waals surface area contributed by atoms with Gasteiger partial charge in [0.05, 0.1) is 11.5 Å². The fraction of sp³-hybridized carbons (Fsp3) is 0.250. The second kappa shape index (κ2) is 8.55. The van der Waals surface area contributed by atoms with Crippen LogP contribution in [0.15, 0.2) is 54.9 Å². The number of pyridine rings is 1. The summed E-state index contributed by atoms with van der Waals surface area (Å²) in [6.07, 6.45) is 3.51. The van der Waals surface area contributed by atoms with Crippen molar-refractivity contribution in [2.75, 3.05) is 13.2 Å². The van der Waals surface area contributed by atoms with E-state index in [9.17, 15) is 5.11 Å². The standard InChI is InChI=1S/C24H24BN3O4/c1-24(2,29)13-31-20-8-7-19-21(22(20)25)17(12-30-23(26)27)16-10-14(5-6-18(16)32-19)15-4-3-9-28-11-15/h3-11,17,29H,12-13H2,1-2H3,(H3,26,27)/t17-/m1/s1. The van der Waals surface area contributed by atoms with Crippen molar-refractivity contribution in [1.82, 2.24) is 4.98 Å². The van der Waals surface area contributed by atoms with Crippen LogP contribution in [-0.4, -0.2) is 42.8 Å². The monoisotopic (exact) mass is 429 g/mol. The third-order valence-electron chi connectivity index (χ3n) is 5.14. The number of hydrogen-bond donors (Lipinski definition) is 3. The second-order valence-electron chi connectivity index (χ2n) is 8.31. The van der Waals surface area contributed by atoms with Crippen LogP contribution in [0.25, 0.3) is 11.1 Å². The third-order valence-corrected chi connectivity index (χ3v) is 5.14. The molecule has 7 nitrogen and oxygen atoms in total. The minimum absolute atomic E-state index is 0.0766. The van der Waals surface area contributed by atoms with E-state index < -0.39 is 5.60 Å². The van der Waals surface area contributed by atoms with Crippen molar-refractivity contribution in [3.8, 4) is 28.4 Å². The molecular weight excluding hydrogens is 405 g/mol. The van der Waals surface area contributed by atoms with Gasteiger partial charge in [0.2, 0.25) is 0 Å². The predicted molar refractivity (Wildman–Crippen MR) is 123 cm³/mol. The number of ether oxygens (including phenoxy) is 3. The van der Waals surface area contributed by atoms with Crippen molar-refractivity contribution >= 4 is 19.3 Å². The molecule has 2 heterocycles. The number of rotatable bonds is 6. The molecule has 0 fully saturated rings. The first kappa shape index (κ1) is 21.7. The highest BCUT2D eigenvalue weighted by Crippen LogP contribution is 2.45. The average Bonchev–Trinajstić information content (AvgIpc) is 2.76. The summed E-state index contributed by atoms with van der Waals surface area (Å²) in [6, 6.07) is 12.8. The van der Waals surface area contributed by atoms with E-state index >= 15 is 0 Å². The lowest BCUT2D eigenvalue weighted by Crippen LogP contribution is -2.31. The molecule has 8 heteroatoms. The Morgan fingerprint density at radius 3 is 2.69 bits per heavy atom. The second-order valence-corrected chi connectivity index (χ2v) is 8.31. The molecule has 0 bridgehead atoms. The molecule has 2 radical (unpaired) electrons. The molecule has 0 amide bonds. The summed E-state index contributed by atoms with van der Waals surface area (Å²) in [5.74, 6) is 1.35. The van der Waals surface area contributed by atoms with Gasteiger partial charge in [-0.1, -0.05) is 12.1 Å². The van der Waals surface area contributed by atoms with Gasteiger partial charge in [0.25, 0.3) is 6.02 Å². The lowest BCUT2D eigenvalue weighted by atomic mass is 9.78. The maximum absolute atomic E-state index is 10.0.